The Morgan fingerprint density at radius 3 is 2.59 bits per heavy atom. The van der Waals surface area contributed by atoms with Crippen molar-refractivity contribution >= 4 is 10.8 Å². The van der Waals surface area contributed by atoms with E-state index in [0.717, 1.165) is 23.6 Å². The number of hydrogen-bond acceptors (Lipinski definition) is 2. The van der Waals surface area contributed by atoms with Gasteiger partial charge in [-0.1, -0.05) is 30.3 Å². The summed E-state index contributed by atoms with van der Waals surface area (Å²) >= 11 is 0. The van der Waals surface area contributed by atoms with Gasteiger partial charge in [-0.25, -0.2) is 0 Å². The fraction of sp³-hybridized carbons (Fsp3) is 0.200. The van der Waals surface area contributed by atoms with Crippen molar-refractivity contribution < 1.29 is 9.84 Å². The molecule has 17 heavy (non-hydrogen) atoms. The zero-order chi connectivity index (χ0) is 12.1. The molecule has 0 aliphatic heterocycles. The zero-order valence-electron chi connectivity index (χ0n) is 9.73. The maximum Gasteiger partial charge on any atom is 0.161 e. The minimum Gasteiger partial charge on any atom is -0.504 e. The number of allylic oxidation sites excluding steroid dienone is 1. The SMILES string of the molecule is C=CCCCOc1cc2ccccc2cc1O. The highest BCUT2D eigenvalue weighted by Crippen LogP contribution is 2.31. The van der Waals surface area contributed by atoms with Crippen molar-refractivity contribution in [2.45, 2.75) is 12.8 Å². The smallest absolute Gasteiger partial charge is 0.161 e. The van der Waals surface area contributed by atoms with E-state index in [0.29, 0.717) is 12.4 Å². The highest BCUT2D eigenvalue weighted by Gasteiger charge is 2.04. The van der Waals surface area contributed by atoms with Crippen LogP contribution in [0.2, 0.25) is 0 Å². The molecular weight excluding hydrogens is 212 g/mol. The Balaban J connectivity index is 2.16. The van der Waals surface area contributed by atoms with E-state index in [1.54, 1.807) is 6.07 Å². The van der Waals surface area contributed by atoms with Crippen LogP contribution < -0.4 is 4.74 Å². The molecule has 0 spiro atoms. The van der Waals surface area contributed by atoms with E-state index < -0.39 is 0 Å². The Labute approximate surface area is 101 Å². The average Bonchev–Trinajstić information content (AvgIpc) is 2.35. The third kappa shape index (κ3) is 2.78. The summed E-state index contributed by atoms with van der Waals surface area (Å²) in [5.74, 6) is 0.745. The highest BCUT2D eigenvalue weighted by atomic mass is 16.5. The normalized spacial score (nSPS) is 10.4. The number of fused-ring (bicyclic) bond motifs is 1. The number of benzene rings is 2. The quantitative estimate of drug-likeness (QED) is 0.621. The second-order valence-corrected chi connectivity index (χ2v) is 3.95. The van der Waals surface area contributed by atoms with Gasteiger partial charge in [-0.05, 0) is 35.7 Å². The Morgan fingerprint density at radius 2 is 1.88 bits per heavy atom. The van der Waals surface area contributed by atoms with Gasteiger partial charge in [0, 0.05) is 0 Å². The van der Waals surface area contributed by atoms with Crippen LogP contribution in [0, 0.1) is 0 Å². The Hall–Kier alpha value is -1.96. The lowest BCUT2D eigenvalue weighted by molar-refractivity contribution is 0.295. The van der Waals surface area contributed by atoms with E-state index >= 15 is 0 Å². The molecule has 0 radical (unpaired) electrons. The minimum absolute atomic E-state index is 0.197. The number of ether oxygens (including phenoxy) is 1. The Kier molecular flexibility index (Phi) is 3.66. The molecular formula is C15H16O2. The number of aromatic hydroxyl groups is 1. The van der Waals surface area contributed by atoms with Crippen molar-refractivity contribution in [1.29, 1.82) is 0 Å². The van der Waals surface area contributed by atoms with Gasteiger partial charge < -0.3 is 9.84 Å². The minimum atomic E-state index is 0.197. The van der Waals surface area contributed by atoms with Gasteiger partial charge in [0.05, 0.1) is 6.61 Å². The zero-order valence-corrected chi connectivity index (χ0v) is 9.73. The first-order chi connectivity index (χ1) is 8.31. The summed E-state index contributed by atoms with van der Waals surface area (Å²) in [4.78, 5) is 0. The first-order valence-corrected chi connectivity index (χ1v) is 5.76. The number of rotatable bonds is 5. The van der Waals surface area contributed by atoms with Crippen LogP contribution in [-0.2, 0) is 0 Å². The fourth-order valence-electron chi connectivity index (χ4n) is 1.73. The van der Waals surface area contributed by atoms with E-state index in [2.05, 4.69) is 6.58 Å². The van der Waals surface area contributed by atoms with Crippen LogP contribution in [0.5, 0.6) is 11.5 Å². The van der Waals surface area contributed by atoms with Gasteiger partial charge in [-0.3, -0.25) is 0 Å². The number of phenols is 1. The van der Waals surface area contributed by atoms with Gasteiger partial charge in [0.25, 0.3) is 0 Å². The Morgan fingerprint density at radius 1 is 1.18 bits per heavy atom. The van der Waals surface area contributed by atoms with Gasteiger partial charge >= 0.3 is 0 Å². The van der Waals surface area contributed by atoms with Crippen LogP contribution in [0.15, 0.2) is 49.1 Å². The largest absolute Gasteiger partial charge is 0.504 e. The van der Waals surface area contributed by atoms with Crippen molar-refractivity contribution in [2.75, 3.05) is 6.61 Å². The molecule has 2 rings (SSSR count). The van der Waals surface area contributed by atoms with Crippen LogP contribution in [0.25, 0.3) is 10.8 Å². The lowest BCUT2D eigenvalue weighted by Crippen LogP contribution is -1.96. The van der Waals surface area contributed by atoms with Gasteiger partial charge in [-0.15, -0.1) is 6.58 Å². The highest BCUT2D eigenvalue weighted by molar-refractivity contribution is 5.85. The van der Waals surface area contributed by atoms with E-state index in [1.165, 1.54) is 0 Å². The summed E-state index contributed by atoms with van der Waals surface area (Å²) in [6.07, 6.45) is 3.70. The molecule has 1 N–H and O–H groups in total. The molecule has 0 saturated carbocycles. The van der Waals surface area contributed by atoms with Crippen LogP contribution in [0.1, 0.15) is 12.8 Å². The van der Waals surface area contributed by atoms with Crippen molar-refractivity contribution in [3.05, 3.63) is 49.1 Å². The van der Waals surface area contributed by atoms with Crippen molar-refractivity contribution in [2.24, 2.45) is 0 Å². The van der Waals surface area contributed by atoms with Crippen LogP contribution >= 0.6 is 0 Å². The molecule has 2 aromatic carbocycles. The van der Waals surface area contributed by atoms with Crippen LogP contribution in [0.3, 0.4) is 0 Å². The third-order valence-corrected chi connectivity index (χ3v) is 2.64. The Bertz CT molecular complexity index is 517. The molecule has 88 valence electrons. The van der Waals surface area contributed by atoms with Gasteiger partial charge in [-0.2, -0.15) is 0 Å². The van der Waals surface area contributed by atoms with Crippen LogP contribution in [0.4, 0.5) is 0 Å². The molecule has 2 heteroatoms. The van der Waals surface area contributed by atoms with Crippen molar-refractivity contribution in [3.8, 4) is 11.5 Å². The predicted octanol–water partition coefficient (Wildman–Crippen LogP) is 3.89. The van der Waals surface area contributed by atoms with E-state index in [1.807, 2.05) is 36.4 Å². The van der Waals surface area contributed by atoms with E-state index in [-0.39, 0.29) is 5.75 Å². The topological polar surface area (TPSA) is 29.5 Å². The number of phenolic OH excluding ortho intramolecular Hbond substituents is 1. The number of hydrogen-bond donors (Lipinski definition) is 1. The van der Waals surface area contributed by atoms with Crippen molar-refractivity contribution in [1.82, 2.24) is 0 Å². The summed E-state index contributed by atoms with van der Waals surface area (Å²) < 4.78 is 5.55. The van der Waals surface area contributed by atoms with Gasteiger partial charge in [0.15, 0.2) is 11.5 Å². The summed E-state index contributed by atoms with van der Waals surface area (Å²) in [5.41, 5.74) is 0. The summed E-state index contributed by atoms with van der Waals surface area (Å²) in [6.45, 7) is 4.25. The molecule has 0 aromatic heterocycles. The lowest BCUT2D eigenvalue weighted by atomic mass is 10.1. The predicted molar refractivity (Wildman–Crippen MR) is 70.5 cm³/mol. The molecule has 0 aliphatic carbocycles. The molecule has 2 nitrogen and oxygen atoms in total. The summed E-state index contributed by atoms with van der Waals surface area (Å²) in [5, 5.41) is 11.9. The molecule has 0 heterocycles. The standard InChI is InChI=1S/C15H16O2/c1-2-3-6-9-17-15-11-13-8-5-4-7-12(13)10-14(15)16/h2,4-5,7-8,10-11,16H,1,3,6,9H2. The van der Waals surface area contributed by atoms with E-state index in [9.17, 15) is 5.11 Å². The second kappa shape index (κ2) is 5.39. The van der Waals surface area contributed by atoms with Crippen LogP contribution in [-0.4, -0.2) is 11.7 Å². The summed E-state index contributed by atoms with van der Waals surface area (Å²) in [6, 6.07) is 11.5. The van der Waals surface area contributed by atoms with Crippen molar-refractivity contribution in [3.63, 3.8) is 0 Å². The van der Waals surface area contributed by atoms with Gasteiger partial charge in [0.1, 0.15) is 0 Å². The molecule has 0 amide bonds. The number of unbranched alkanes of at least 4 members (excludes halogenated alkanes) is 1. The molecule has 0 unspecified atom stereocenters. The fourth-order valence-corrected chi connectivity index (χ4v) is 1.73. The molecule has 0 atom stereocenters. The molecule has 0 bridgehead atoms. The maximum absolute atomic E-state index is 9.82. The first-order valence-electron chi connectivity index (χ1n) is 5.76. The first kappa shape index (κ1) is 11.5. The molecule has 0 saturated heterocycles. The molecule has 0 aliphatic rings. The van der Waals surface area contributed by atoms with E-state index in [4.69, 9.17) is 4.74 Å². The molecule has 2 aromatic rings. The van der Waals surface area contributed by atoms with Gasteiger partial charge in [0.2, 0.25) is 0 Å². The maximum atomic E-state index is 9.82. The lowest BCUT2D eigenvalue weighted by Gasteiger charge is -2.08. The second-order valence-electron chi connectivity index (χ2n) is 3.95. The summed E-state index contributed by atoms with van der Waals surface area (Å²) in [7, 11) is 0. The average molecular weight is 228 g/mol. The monoisotopic (exact) mass is 228 g/mol. The molecule has 0 fully saturated rings. The third-order valence-electron chi connectivity index (χ3n) is 2.64.